The van der Waals surface area contributed by atoms with Gasteiger partial charge in [0.1, 0.15) is 0 Å². The normalized spacial score (nSPS) is 13.3. The molecular weight excluding hydrogens is 296 g/mol. The van der Waals surface area contributed by atoms with E-state index < -0.39 is 4.92 Å². The minimum absolute atomic E-state index is 0.0939. The third-order valence-electron chi connectivity index (χ3n) is 3.97. The van der Waals surface area contributed by atoms with Gasteiger partial charge in [0.25, 0.3) is 11.6 Å². The maximum Gasteiger partial charge on any atom is 0.270 e. The number of imidazole rings is 1. The van der Waals surface area contributed by atoms with Crippen LogP contribution >= 0.6 is 0 Å². The fourth-order valence-electron chi connectivity index (χ4n) is 2.89. The molecule has 0 bridgehead atoms. The molecule has 2 aromatic carbocycles. The molecule has 0 spiro atoms. The van der Waals surface area contributed by atoms with Crippen molar-refractivity contribution < 1.29 is 9.72 Å². The average Bonchev–Trinajstić information content (AvgIpc) is 3.13. The molecule has 2 heterocycles. The summed E-state index contributed by atoms with van der Waals surface area (Å²) in [5.41, 5.74) is 2.01. The number of non-ortho nitro benzene ring substituents is 1. The number of fused-ring (bicyclic) bond motifs is 3. The molecule has 1 aliphatic rings. The van der Waals surface area contributed by atoms with Gasteiger partial charge in [-0.1, -0.05) is 18.2 Å². The minimum Gasteiger partial charge on any atom is -0.308 e. The fraction of sp³-hybridized carbons (Fsp3) is 0.125. The summed E-state index contributed by atoms with van der Waals surface area (Å²) in [4.78, 5) is 29.2. The second-order valence-electron chi connectivity index (χ2n) is 5.32. The Hall–Kier alpha value is -3.22. The van der Waals surface area contributed by atoms with Crippen LogP contribution in [0.1, 0.15) is 10.4 Å². The highest BCUT2D eigenvalue weighted by atomic mass is 16.6. The second kappa shape index (κ2) is 4.91. The summed E-state index contributed by atoms with van der Waals surface area (Å²) >= 11 is 0. The van der Waals surface area contributed by atoms with Gasteiger partial charge in [0.2, 0.25) is 5.95 Å². The van der Waals surface area contributed by atoms with Crippen LogP contribution in [0.3, 0.4) is 0 Å². The number of nitrogens with zero attached hydrogens (tertiary/aromatic N) is 4. The van der Waals surface area contributed by atoms with Crippen LogP contribution in [0.25, 0.3) is 11.0 Å². The van der Waals surface area contributed by atoms with E-state index in [0.717, 1.165) is 11.0 Å². The van der Waals surface area contributed by atoms with Gasteiger partial charge in [0.05, 0.1) is 16.0 Å². The summed E-state index contributed by atoms with van der Waals surface area (Å²) in [5.74, 6) is 0.311. The molecule has 0 saturated carbocycles. The first kappa shape index (κ1) is 13.4. The smallest absolute Gasteiger partial charge is 0.270 e. The van der Waals surface area contributed by atoms with Crippen molar-refractivity contribution >= 4 is 28.6 Å². The monoisotopic (exact) mass is 308 g/mol. The number of anilines is 1. The quantitative estimate of drug-likeness (QED) is 0.538. The van der Waals surface area contributed by atoms with Gasteiger partial charge in [-0.25, -0.2) is 4.98 Å². The molecule has 3 aromatic rings. The van der Waals surface area contributed by atoms with Gasteiger partial charge >= 0.3 is 0 Å². The number of carbonyl (C=O) groups excluding carboxylic acids is 1. The van der Waals surface area contributed by atoms with Gasteiger partial charge in [-0.15, -0.1) is 0 Å². The van der Waals surface area contributed by atoms with E-state index in [1.807, 2.05) is 28.8 Å². The zero-order valence-corrected chi connectivity index (χ0v) is 12.0. The molecule has 23 heavy (non-hydrogen) atoms. The first-order chi connectivity index (χ1) is 11.1. The van der Waals surface area contributed by atoms with Crippen LogP contribution in [0, 0.1) is 10.1 Å². The highest BCUT2D eigenvalue weighted by molar-refractivity contribution is 6.06. The summed E-state index contributed by atoms with van der Waals surface area (Å²) in [6.45, 7) is 1.17. The second-order valence-corrected chi connectivity index (χ2v) is 5.32. The number of rotatable bonds is 2. The Bertz CT molecular complexity index is 947. The number of hydrogen-bond acceptors (Lipinski definition) is 4. The molecular formula is C16H12N4O3. The van der Waals surface area contributed by atoms with Crippen molar-refractivity contribution in [2.24, 2.45) is 0 Å². The highest BCUT2D eigenvalue weighted by Crippen LogP contribution is 2.28. The fourth-order valence-corrected chi connectivity index (χ4v) is 2.89. The summed E-state index contributed by atoms with van der Waals surface area (Å²) in [7, 11) is 0. The molecule has 7 nitrogen and oxygen atoms in total. The Kier molecular flexibility index (Phi) is 2.87. The number of carbonyl (C=O) groups is 1. The van der Waals surface area contributed by atoms with Gasteiger partial charge in [0, 0.05) is 30.8 Å². The van der Waals surface area contributed by atoms with E-state index >= 15 is 0 Å². The SMILES string of the molecule is O=C(c1cccc([N+](=O)[O-])c1)N1CCn2c1nc1ccccc12. The number of benzene rings is 2. The summed E-state index contributed by atoms with van der Waals surface area (Å²) in [5, 5.41) is 10.9. The Balaban J connectivity index is 1.74. The molecule has 7 heteroatoms. The third-order valence-corrected chi connectivity index (χ3v) is 3.97. The van der Waals surface area contributed by atoms with Crippen LogP contribution in [0.15, 0.2) is 48.5 Å². The Morgan fingerprint density at radius 3 is 2.78 bits per heavy atom. The zero-order valence-electron chi connectivity index (χ0n) is 12.0. The molecule has 0 N–H and O–H groups in total. The molecule has 0 aliphatic carbocycles. The Morgan fingerprint density at radius 2 is 1.96 bits per heavy atom. The van der Waals surface area contributed by atoms with E-state index in [1.54, 1.807) is 11.0 Å². The molecule has 0 fully saturated rings. The topological polar surface area (TPSA) is 81.3 Å². The number of nitro groups is 1. The van der Waals surface area contributed by atoms with Crippen LogP contribution in [0.4, 0.5) is 11.6 Å². The average molecular weight is 308 g/mol. The molecule has 1 aromatic heterocycles. The van der Waals surface area contributed by atoms with E-state index in [9.17, 15) is 14.9 Å². The minimum atomic E-state index is -0.504. The van der Waals surface area contributed by atoms with Crippen molar-refractivity contribution in [2.45, 2.75) is 6.54 Å². The lowest BCUT2D eigenvalue weighted by Crippen LogP contribution is -2.29. The van der Waals surface area contributed by atoms with E-state index in [1.165, 1.54) is 18.2 Å². The van der Waals surface area contributed by atoms with E-state index in [0.29, 0.717) is 24.6 Å². The van der Waals surface area contributed by atoms with Crippen LogP contribution in [0.2, 0.25) is 0 Å². The first-order valence-corrected chi connectivity index (χ1v) is 7.17. The van der Waals surface area contributed by atoms with E-state index in [-0.39, 0.29) is 11.6 Å². The maximum absolute atomic E-state index is 12.7. The van der Waals surface area contributed by atoms with E-state index in [2.05, 4.69) is 4.98 Å². The molecule has 4 rings (SSSR count). The molecule has 0 saturated heterocycles. The summed E-state index contributed by atoms with van der Waals surface area (Å²) in [6.07, 6.45) is 0. The Labute approximate surface area is 130 Å². The lowest BCUT2D eigenvalue weighted by Gasteiger charge is -2.13. The molecule has 114 valence electrons. The number of nitro benzene ring substituents is 1. The largest absolute Gasteiger partial charge is 0.308 e. The maximum atomic E-state index is 12.7. The lowest BCUT2D eigenvalue weighted by atomic mass is 10.2. The predicted molar refractivity (Wildman–Crippen MR) is 84.5 cm³/mol. The van der Waals surface area contributed by atoms with Crippen LogP contribution in [-0.4, -0.2) is 26.9 Å². The standard InChI is InChI=1S/C16H12N4O3/c21-15(11-4-3-5-12(10-11)20(22)23)19-9-8-18-14-7-2-1-6-13(14)17-16(18)19/h1-7,10H,8-9H2. The van der Waals surface area contributed by atoms with Crippen LogP contribution in [0.5, 0.6) is 0 Å². The third kappa shape index (κ3) is 2.05. The Morgan fingerprint density at radius 1 is 1.13 bits per heavy atom. The van der Waals surface area contributed by atoms with Gasteiger partial charge in [-0.2, -0.15) is 0 Å². The van der Waals surface area contributed by atoms with Crippen molar-refractivity contribution in [3.05, 3.63) is 64.2 Å². The molecule has 0 unspecified atom stereocenters. The zero-order chi connectivity index (χ0) is 16.0. The van der Waals surface area contributed by atoms with Crippen molar-refractivity contribution in [2.75, 3.05) is 11.4 Å². The summed E-state index contributed by atoms with van der Waals surface area (Å²) in [6, 6.07) is 13.5. The van der Waals surface area contributed by atoms with Crippen molar-refractivity contribution in [3.8, 4) is 0 Å². The van der Waals surface area contributed by atoms with Crippen LogP contribution < -0.4 is 4.90 Å². The van der Waals surface area contributed by atoms with Crippen molar-refractivity contribution in [1.29, 1.82) is 0 Å². The molecule has 0 radical (unpaired) electrons. The lowest BCUT2D eigenvalue weighted by molar-refractivity contribution is -0.384. The van der Waals surface area contributed by atoms with Crippen molar-refractivity contribution in [3.63, 3.8) is 0 Å². The van der Waals surface area contributed by atoms with Gasteiger partial charge < -0.3 is 4.57 Å². The molecule has 1 aliphatic heterocycles. The van der Waals surface area contributed by atoms with Crippen molar-refractivity contribution in [1.82, 2.24) is 9.55 Å². The summed E-state index contributed by atoms with van der Waals surface area (Å²) < 4.78 is 1.99. The van der Waals surface area contributed by atoms with Crippen LogP contribution in [-0.2, 0) is 6.54 Å². The molecule has 1 amide bonds. The van der Waals surface area contributed by atoms with Gasteiger partial charge in [-0.05, 0) is 18.2 Å². The molecule has 0 atom stereocenters. The highest BCUT2D eigenvalue weighted by Gasteiger charge is 2.29. The number of aromatic nitrogens is 2. The first-order valence-electron chi connectivity index (χ1n) is 7.17. The predicted octanol–water partition coefficient (Wildman–Crippen LogP) is 2.60. The number of hydrogen-bond donors (Lipinski definition) is 0. The number of amides is 1. The van der Waals surface area contributed by atoms with E-state index in [4.69, 9.17) is 0 Å². The number of para-hydroxylation sites is 2. The van der Waals surface area contributed by atoms with Gasteiger partial charge in [-0.3, -0.25) is 19.8 Å². The van der Waals surface area contributed by atoms with Gasteiger partial charge in [0.15, 0.2) is 0 Å².